The number of hydrogen-bond acceptors (Lipinski definition) is 2. The minimum atomic E-state index is -4.56. The molecule has 0 N–H and O–H groups in total. The van der Waals surface area contributed by atoms with E-state index in [1.807, 2.05) is 146 Å². The number of aromatic nitrogens is 2. The lowest BCUT2D eigenvalue weighted by atomic mass is 9.75. The van der Waals surface area contributed by atoms with Gasteiger partial charge in [-0.15, -0.1) is 0 Å². The van der Waals surface area contributed by atoms with Gasteiger partial charge in [0.1, 0.15) is 5.41 Å². The van der Waals surface area contributed by atoms with Crippen LogP contribution in [0.25, 0.3) is 67.3 Å². The summed E-state index contributed by atoms with van der Waals surface area (Å²) in [6, 6.07) is 61.0. The van der Waals surface area contributed by atoms with Crippen molar-refractivity contribution in [2.45, 2.75) is 18.5 Å². The lowest BCUT2D eigenvalue weighted by molar-refractivity contribution is -0.173. The van der Waals surface area contributed by atoms with Crippen molar-refractivity contribution in [3.05, 3.63) is 205 Å². The Kier molecular flexibility index (Phi) is 9.22. The fourth-order valence-electron chi connectivity index (χ4n) is 6.91. The average molecular weight is 709 g/mol. The van der Waals surface area contributed by atoms with Crippen LogP contribution in [0.3, 0.4) is 0 Å². The summed E-state index contributed by atoms with van der Waals surface area (Å²) in [5.41, 5.74) is 8.40. The zero-order valence-electron chi connectivity index (χ0n) is 29.5. The summed E-state index contributed by atoms with van der Waals surface area (Å²) < 4.78 is 45.8. The molecule has 0 fully saturated rings. The van der Waals surface area contributed by atoms with E-state index < -0.39 is 11.6 Å². The van der Waals surface area contributed by atoms with Crippen LogP contribution >= 0.6 is 0 Å². The Morgan fingerprint density at radius 3 is 0.815 bits per heavy atom. The first kappa shape index (κ1) is 34.5. The maximum Gasteiger partial charge on any atom is 0.402 e. The zero-order chi connectivity index (χ0) is 37.1. The number of benzene rings is 6. The molecule has 0 unspecified atom stereocenters. The number of halogens is 3. The van der Waals surface area contributed by atoms with Crippen molar-refractivity contribution in [2.75, 3.05) is 0 Å². The van der Waals surface area contributed by atoms with Gasteiger partial charge in [0.2, 0.25) is 0 Å². The van der Waals surface area contributed by atoms with Crippen molar-refractivity contribution in [1.29, 1.82) is 0 Å². The average Bonchev–Trinajstić information content (AvgIpc) is 3.24. The maximum atomic E-state index is 15.3. The number of pyridine rings is 2. The van der Waals surface area contributed by atoms with E-state index in [1.54, 1.807) is 48.5 Å². The van der Waals surface area contributed by atoms with Crippen LogP contribution < -0.4 is 0 Å². The number of nitrogens with zero attached hydrogens (tertiary/aromatic N) is 2. The molecule has 0 bridgehead atoms. The zero-order valence-corrected chi connectivity index (χ0v) is 29.5. The molecule has 0 aliphatic heterocycles. The van der Waals surface area contributed by atoms with Crippen LogP contribution in [0.15, 0.2) is 194 Å². The molecule has 8 rings (SSSR count). The highest BCUT2D eigenvalue weighted by molar-refractivity contribution is 5.78. The second-order valence-electron chi connectivity index (χ2n) is 13.5. The first-order valence-corrected chi connectivity index (χ1v) is 17.8. The summed E-state index contributed by atoms with van der Waals surface area (Å²) in [7, 11) is 0. The van der Waals surface area contributed by atoms with Gasteiger partial charge in [0, 0.05) is 22.3 Å². The first-order valence-electron chi connectivity index (χ1n) is 17.8. The van der Waals surface area contributed by atoms with Crippen molar-refractivity contribution in [3.63, 3.8) is 0 Å². The summed E-state index contributed by atoms with van der Waals surface area (Å²) >= 11 is 0. The highest BCUT2D eigenvalue weighted by Crippen LogP contribution is 2.47. The summed E-state index contributed by atoms with van der Waals surface area (Å²) in [4.78, 5) is 9.89. The van der Waals surface area contributed by atoms with Crippen LogP contribution in [-0.4, -0.2) is 16.1 Å². The number of alkyl halides is 3. The Labute approximate surface area is 313 Å². The molecule has 0 saturated heterocycles. The largest absolute Gasteiger partial charge is 0.402 e. The fraction of sp³-hybridized carbons (Fsp3) is 0.0612. The minimum Gasteiger partial charge on any atom is -0.248 e. The lowest BCUT2D eigenvalue weighted by Crippen LogP contribution is -2.40. The highest BCUT2D eigenvalue weighted by Gasteiger charge is 2.53. The predicted molar refractivity (Wildman–Crippen MR) is 214 cm³/mol. The van der Waals surface area contributed by atoms with Crippen LogP contribution in [0, 0.1) is 0 Å². The molecule has 8 aromatic rings. The van der Waals surface area contributed by atoms with Crippen molar-refractivity contribution >= 4 is 0 Å². The topological polar surface area (TPSA) is 25.8 Å². The Balaban J connectivity index is 1.16. The van der Waals surface area contributed by atoms with E-state index in [4.69, 9.17) is 9.97 Å². The normalized spacial score (nSPS) is 11.7. The Bertz CT molecular complexity index is 2210. The standard InChI is InChI=1S/C49H35F3N2/c1-48(49(50,51)52,42-26-22-34(23-27-42)40-30-44(36-14-6-2-7-15-36)53-45(31-40)37-16-8-3-9-17-37)43-28-24-35(25-29-43)41-32-46(38-18-10-4-11-19-38)54-47(33-41)39-20-12-5-13-21-39/h2-33H,1H3. The molecule has 0 radical (unpaired) electrons. The Morgan fingerprint density at radius 1 is 0.315 bits per heavy atom. The van der Waals surface area contributed by atoms with Crippen molar-refractivity contribution in [1.82, 2.24) is 9.97 Å². The monoisotopic (exact) mass is 708 g/mol. The van der Waals surface area contributed by atoms with Crippen LogP contribution in [-0.2, 0) is 5.41 Å². The third-order valence-corrected chi connectivity index (χ3v) is 10.1. The molecule has 262 valence electrons. The molecular formula is C49H35F3N2. The van der Waals surface area contributed by atoms with Gasteiger partial charge in [-0.25, -0.2) is 9.97 Å². The van der Waals surface area contributed by atoms with Crippen molar-refractivity contribution < 1.29 is 13.2 Å². The second-order valence-corrected chi connectivity index (χ2v) is 13.5. The van der Waals surface area contributed by atoms with Crippen molar-refractivity contribution in [2.24, 2.45) is 0 Å². The molecule has 0 atom stereocenters. The Morgan fingerprint density at radius 2 is 0.574 bits per heavy atom. The molecule has 0 aliphatic rings. The number of rotatable bonds is 8. The maximum absolute atomic E-state index is 15.3. The molecule has 2 aromatic heterocycles. The van der Waals surface area contributed by atoms with Gasteiger partial charge in [0.25, 0.3) is 0 Å². The van der Waals surface area contributed by atoms with E-state index >= 15 is 13.2 Å². The fourth-order valence-corrected chi connectivity index (χ4v) is 6.91. The summed E-state index contributed by atoms with van der Waals surface area (Å²) in [6.45, 7) is 1.26. The molecule has 2 nitrogen and oxygen atoms in total. The van der Waals surface area contributed by atoms with Gasteiger partial charge in [-0.3, -0.25) is 0 Å². The minimum absolute atomic E-state index is 0.161. The van der Waals surface area contributed by atoms with Gasteiger partial charge in [-0.2, -0.15) is 13.2 Å². The summed E-state index contributed by atoms with van der Waals surface area (Å²) in [6.07, 6.45) is -4.56. The summed E-state index contributed by atoms with van der Waals surface area (Å²) in [5.74, 6) is 0. The van der Waals surface area contributed by atoms with E-state index in [1.165, 1.54) is 6.92 Å². The Hall–Kier alpha value is -6.59. The predicted octanol–water partition coefficient (Wildman–Crippen LogP) is 13.3. The smallest absolute Gasteiger partial charge is 0.248 e. The van der Waals surface area contributed by atoms with E-state index in [0.29, 0.717) is 0 Å². The highest BCUT2D eigenvalue weighted by atomic mass is 19.4. The SMILES string of the molecule is CC(c1ccc(-c2cc(-c3ccccc3)nc(-c3ccccc3)c2)cc1)(c1ccc(-c2cc(-c3ccccc3)nc(-c3ccccc3)c2)cc1)C(F)(F)F. The van der Waals surface area contributed by atoms with Crippen LogP contribution in [0.2, 0.25) is 0 Å². The second kappa shape index (κ2) is 14.4. The molecule has 5 heteroatoms. The molecule has 0 amide bonds. The van der Waals surface area contributed by atoms with E-state index in [2.05, 4.69) is 0 Å². The molecule has 0 spiro atoms. The van der Waals surface area contributed by atoms with Crippen LogP contribution in [0.4, 0.5) is 13.2 Å². The molecule has 0 aliphatic carbocycles. The van der Waals surface area contributed by atoms with Crippen molar-refractivity contribution in [3.8, 4) is 67.3 Å². The van der Waals surface area contributed by atoms with Gasteiger partial charge in [0.15, 0.2) is 0 Å². The molecule has 0 saturated carbocycles. The van der Waals surface area contributed by atoms with E-state index in [9.17, 15) is 0 Å². The third kappa shape index (κ3) is 6.84. The first-order chi connectivity index (χ1) is 26.3. The molecule has 2 heterocycles. The van der Waals surface area contributed by atoms with E-state index in [-0.39, 0.29) is 11.1 Å². The van der Waals surface area contributed by atoms with Gasteiger partial charge in [-0.05, 0) is 64.6 Å². The third-order valence-electron chi connectivity index (χ3n) is 10.1. The quantitative estimate of drug-likeness (QED) is 0.157. The van der Waals surface area contributed by atoms with Crippen LogP contribution in [0.1, 0.15) is 18.1 Å². The van der Waals surface area contributed by atoms with Gasteiger partial charge in [-0.1, -0.05) is 170 Å². The molecule has 54 heavy (non-hydrogen) atoms. The van der Waals surface area contributed by atoms with Gasteiger partial charge in [0.05, 0.1) is 22.8 Å². The van der Waals surface area contributed by atoms with Crippen LogP contribution in [0.5, 0.6) is 0 Å². The molecular weight excluding hydrogens is 674 g/mol. The van der Waals surface area contributed by atoms with Gasteiger partial charge >= 0.3 is 6.18 Å². The van der Waals surface area contributed by atoms with E-state index in [0.717, 1.165) is 67.3 Å². The number of hydrogen-bond donors (Lipinski definition) is 0. The lowest BCUT2D eigenvalue weighted by Gasteiger charge is -2.33. The van der Waals surface area contributed by atoms with Gasteiger partial charge < -0.3 is 0 Å². The summed E-state index contributed by atoms with van der Waals surface area (Å²) in [5, 5.41) is 0. The molecule has 6 aromatic carbocycles.